The number of rotatable bonds is 2. The zero-order valence-electron chi connectivity index (χ0n) is 13.6. The van der Waals surface area contributed by atoms with Crippen LogP contribution in [0.25, 0.3) is 0 Å². The van der Waals surface area contributed by atoms with Gasteiger partial charge in [0.1, 0.15) is 0 Å². The van der Waals surface area contributed by atoms with Gasteiger partial charge in [0.15, 0.2) is 0 Å². The Hall–Kier alpha value is -3.35. The molecule has 2 amide bonds. The summed E-state index contributed by atoms with van der Waals surface area (Å²) in [5.41, 5.74) is 8.85. The second kappa shape index (κ2) is 7.04. The smallest absolute Gasteiger partial charge is 0.433 e. The number of oxime groups is 1. The molecule has 1 aliphatic rings. The van der Waals surface area contributed by atoms with Crippen LogP contribution in [0.4, 0.5) is 21.0 Å². The van der Waals surface area contributed by atoms with Gasteiger partial charge in [-0.25, -0.2) is 9.59 Å². The lowest BCUT2D eigenvalue weighted by atomic mass is 10.0. The van der Waals surface area contributed by atoms with Crippen LogP contribution in [0.3, 0.4) is 0 Å². The van der Waals surface area contributed by atoms with Crippen LogP contribution in [0.15, 0.2) is 53.7 Å². The number of carbonyl (C=O) groups excluding carboxylic acids is 2. The Morgan fingerprint density at radius 3 is 2.52 bits per heavy atom. The quantitative estimate of drug-likeness (QED) is 0.516. The molecule has 0 bridgehead atoms. The molecule has 0 atom stereocenters. The first-order chi connectivity index (χ1) is 12.1. The molecule has 25 heavy (non-hydrogen) atoms. The van der Waals surface area contributed by atoms with Gasteiger partial charge in [-0.1, -0.05) is 41.6 Å². The van der Waals surface area contributed by atoms with Gasteiger partial charge in [-0.2, -0.15) is 0 Å². The van der Waals surface area contributed by atoms with Gasteiger partial charge >= 0.3 is 12.2 Å². The molecule has 0 aliphatic carbocycles. The van der Waals surface area contributed by atoms with Gasteiger partial charge < -0.3 is 10.5 Å². The molecule has 2 aromatic carbocycles. The van der Waals surface area contributed by atoms with Crippen LogP contribution in [0, 0.1) is 0 Å². The number of benzene rings is 2. The van der Waals surface area contributed by atoms with Crippen LogP contribution in [0.1, 0.15) is 18.1 Å². The Balaban J connectivity index is 2.12. The average Bonchev–Trinajstić information content (AvgIpc) is 2.74. The van der Waals surface area contributed by atoms with Crippen molar-refractivity contribution in [2.75, 3.05) is 11.5 Å². The normalized spacial score (nSPS) is 14.3. The maximum absolute atomic E-state index is 12.1. The highest BCUT2D eigenvalue weighted by molar-refractivity contribution is 6.13. The lowest BCUT2D eigenvalue weighted by molar-refractivity contribution is 0.0612. The molecular formula is C18H17N3O4. The summed E-state index contributed by atoms with van der Waals surface area (Å²) < 4.78 is 4.73. The van der Waals surface area contributed by atoms with Crippen LogP contribution in [-0.4, -0.2) is 24.5 Å². The van der Waals surface area contributed by atoms with Gasteiger partial charge in [0, 0.05) is 12.0 Å². The fraction of sp³-hybridized carbons (Fsp3) is 0.167. The molecule has 0 aromatic heterocycles. The predicted molar refractivity (Wildman–Crippen MR) is 93.0 cm³/mol. The van der Waals surface area contributed by atoms with Gasteiger partial charge in [0.2, 0.25) is 0 Å². The Morgan fingerprint density at radius 2 is 1.80 bits per heavy atom. The fourth-order valence-corrected chi connectivity index (χ4v) is 2.75. The molecule has 2 N–H and O–H groups in total. The van der Waals surface area contributed by atoms with Gasteiger partial charge in [0.05, 0.1) is 23.7 Å². The van der Waals surface area contributed by atoms with Crippen molar-refractivity contribution in [1.82, 2.24) is 0 Å². The number of para-hydroxylation sites is 2. The summed E-state index contributed by atoms with van der Waals surface area (Å²) in [7, 11) is 0. The maximum atomic E-state index is 12.1. The number of ether oxygens (including phenoxy) is 1. The van der Waals surface area contributed by atoms with Crippen LogP contribution < -0.4 is 10.6 Å². The fourth-order valence-electron chi connectivity index (χ4n) is 2.75. The van der Waals surface area contributed by atoms with E-state index < -0.39 is 12.2 Å². The topological polar surface area (TPSA) is 94.2 Å². The third-order valence-electron chi connectivity index (χ3n) is 3.76. The summed E-state index contributed by atoms with van der Waals surface area (Å²) >= 11 is 0. The second-order valence-electron chi connectivity index (χ2n) is 5.31. The van der Waals surface area contributed by atoms with Crippen molar-refractivity contribution < 1.29 is 19.2 Å². The van der Waals surface area contributed by atoms with E-state index in [1.165, 1.54) is 4.90 Å². The van der Waals surface area contributed by atoms with Crippen molar-refractivity contribution in [3.63, 3.8) is 0 Å². The number of carbonyl (C=O) groups is 2. The standard InChI is InChI=1S/C18H17N3O4/c1-2-24-18(23)25-20-14-11-12-7-3-5-9-15(12)21(17(19)22)16-10-6-4-8-13(14)16/h3-10H,2,11H2,1H3,(H2,19,22). The molecular weight excluding hydrogens is 322 g/mol. The molecule has 3 rings (SSSR count). The van der Waals surface area contributed by atoms with Crippen molar-refractivity contribution in [2.24, 2.45) is 10.9 Å². The van der Waals surface area contributed by atoms with E-state index in [1.807, 2.05) is 30.3 Å². The summed E-state index contributed by atoms with van der Waals surface area (Å²) in [6.07, 6.45) is -0.507. The van der Waals surface area contributed by atoms with Crippen molar-refractivity contribution in [1.29, 1.82) is 0 Å². The van der Waals surface area contributed by atoms with E-state index in [0.29, 0.717) is 29.1 Å². The van der Waals surface area contributed by atoms with Crippen molar-refractivity contribution in [2.45, 2.75) is 13.3 Å². The average molecular weight is 339 g/mol. The Morgan fingerprint density at radius 1 is 1.12 bits per heavy atom. The Bertz CT molecular complexity index is 848. The highest BCUT2D eigenvalue weighted by Crippen LogP contribution is 2.35. The molecule has 0 spiro atoms. The number of fused-ring (bicyclic) bond motifs is 2. The molecule has 0 saturated carbocycles. The SMILES string of the molecule is CCOC(=O)ON=C1Cc2ccccc2N(C(N)=O)c2ccccc21. The minimum absolute atomic E-state index is 0.193. The largest absolute Gasteiger partial charge is 0.535 e. The van der Waals surface area contributed by atoms with E-state index in [0.717, 1.165) is 5.56 Å². The number of urea groups is 1. The van der Waals surface area contributed by atoms with Crippen molar-refractivity contribution in [3.05, 3.63) is 59.7 Å². The van der Waals surface area contributed by atoms with Crippen LogP contribution in [-0.2, 0) is 16.0 Å². The monoisotopic (exact) mass is 339 g/mol. The molecule has 0 radical (unpaired) electrons. The lowest BCUT2D eigenvalue weighted by Crippen LogP contribution is -2.32. The van der Waals surface area contributed by atoms with Crippen molar-refractivity contribution >= 4 is 29.3 Å². The zero-order chi connectivity index (χ0) is 17.8. The predicted octanol–water partition coefficient (Wildman–Crippen LogP) is 3.34. The number of amides is 2. The molecule has 0 unspecified atom stereocenters. The van der Waals surface area contributed by atoms with E-state index in [-0.39, 0.29) is 6.61 Å². The Labute approximate surface area is 144 Å². The molecule has 1 aliphatic heterocycles. The van der Waals surface area contributed by atoms with E-state index in [2.05, 4.69) is 5.16 Å². The van der Waals surface area contributed by atoms with Crippen LogP contribution in [0.5, 0.6) is 0 Å². The Kier molecular flexibility index (Phi) is 4.65. The molecule has 1 heterocycles. The first kappa shape index (κ1) is 16.5. The second-order valence-corrected chi connectivity index (χ2v) is 5.31. The summed E-state index contributed by atoms with van der Waals surface area (Å²) in [6, 6.07) is 13.9. The number of anilines is 2. The summed E-state index contributed by atoms with van der Waals surface area (Å²) in [5, 5.41) is 3.96. The number of primary amides is 1. The van der Waals surface area contributed by atoms with Gasteiger partial charge in [-0.3, -0.25) is 9.74 Å². The summed E-state index contributed by atoms with van der Waals surface area (Å²) in [6.45, 7) is 1.87. The first-order valence-corrected chi connectivity index (χ1v) is 7.79. The van der Waals surface area contributed by atoms with E-state index >= 15 is 0 Å². The summed E-state index contributed by atoms with van der Waals surface area (Å²) in [5.74, 6) is 0. The minimum Gasteiger partial charge on any atom is -0.433 e. The van der Waals surface area contributed by atoms with E-state index in [4.69, 9.17) is 15.3 Å². The highest BCUT2D eigenvalue weighted by atomic mass is 16.8. The van der Waals surface area contributed by atoms with E-state index in [9.17, 15) is 9.59 Å². The zero-order valence-corrected chi connectivity index (χ0v) is 13.6. The highest BCUT2D eigenvalue weighted by Gasteiger charge is 2.27. The molecule has 0 fully saturated rings. The minimum atomic E-state index is -0.878. The molecule has 7 nitrogen and oxygen atoms in total. The number of nitrogens with zero attached hydrogens (tertiary/aromatic N) is 2. The maximum Gasteiger partial charge on any atom is 0.535 e. The van der Waals surface area contributed by atoms with Gasteiger partial charge in [-0.05, 0) is 24.6 Å². The molecule has 2 aromatic rings. The molecule has 128 valence electrons. The third kappa shape index (κ3) is 3.30. The molecule has 7 heteroatoms. The molecule has 0 saturated heterocycles. The summed E-state index contributed by atoms with van der Waals surface area (Å²) in [4.78, 5) is 29.8. The number of hydrogen-bond donors (Lipinski definition) is 1. The third-order valence-corrected chi connectivity index (χ3v) is 3.76. The first-order valence-electron chi connectivity index (χ1n) is 7.79. The van der Waals surface area contributed by atoms with Crippen molar-refractivity contribution in [3.8, 4) is 0 Å². The van der Waals surface area contributed by atoms with Gasteiger partial charge in [0.25, 0.3) is 0 Å². The number of hydrogen-bond acceptors (Lipinski definition) is 5. The van der Waals surface area contributed by atoms with Gasteiger partial charge in [-0.15, -0.1) is 0 Å². The van der Waals surface area contributed by atoms with Crippen LogP contribution >= 0.6 is 0 Å². The lowest BCUT2D eigenvalue weighted by Gasteiger charge is -2.22. The van der Waals surface area contributed by atoms with Crippen LogP contribution in [0.2, 0.25) is 0 Å². The number of nitrogens with two attached hydrogens (primary N) is 1. The van der Waals surface area contributed by atoms with E-state index in [1.54, 1.807) is 25.1 Å².